The predicted octanol–water partition coefficient (Wildman–Crippen LogP) is 3.09. The topological polar surface area (TPSA) is 61.5 Å². The zero-order chi connectivity index (χ0) is 13.9. The number of nitrogen functional groups attached to an aromatic ring is 1. The minimum absolute atomic E-state index is 0.0380. The second kappa shape index (κ2) is 5.86. The third kappa shape index (κ3) is 3.73. The molecule has 0 fully saturated rings. The zero-order valence-corrected chi connectivity index (χ0v) is 10.5. The molecule has 0 amide bonds. The largest absolute Gasteiger partial charge is 0.459 e. The Morgan fingerprint density at radius 3 is 2.50 bits per heavy atom. The Balaban J connectivity index is 3.09. The minimum atomic E-state index is -3.02. The molecule has 1 aromatic carbocycles. The van der Waals surface area contributed by atoms with Crippen molar-refractivity contribution in [1.82, 2.24) is 0 Å². The van der Waals surface area contributed by atoms with Crippen LogP contribution in [0.5, 0.6) is 5.75 Å². The normalized spacial score (nSPS) is 10.8. The molecule has 0 saturated carbocycles. The van der Waals surface area contributed by atoms with E-state index in [0.717, 1.165) is 12.1 Å². The van der Waals surface area contributed by atoms with Crippen molar-refractivity contribution in [1.29, 1.82) is 0 Å². The Hall–Kier alpha value is -1.56. The molecule has 0 atom stereocenters. The number of carbonyl (C=O) groups is 1. The van der Waals surface area contributed by atoms with Gasteiger partial charge in [-0.1, -0.05) is 11.6 Å². The number of hydrogen-bond acceptors (Lipinski definition) is 4. The molecule has 0 bridgehead atoms. The summed E-state index contributed by atoms with van der Waals surface area (Å²) in [5, 5.41) is -0.0520. The van der Waals surface area contributed by atoms with Crippen LogP contribution in [-0.2, 0) is 4.74 Å². The van der Waals surface area contributed by atoms with Gasteiger partial charge in [0.25, 0.3) is 0 Å². The van der Waals surface area contributed by atoms with E-state index in [4.69, 9.17) is 22.1 Å². The fourth-order valence-corrected chi connectivity index (χ4v) is 1.42. The molecule has 100 valence electrons. The van der Waals surface area contributed by atoms with E-state index in [9.17, 15) is 13.6 Å². The van der Waals surface area contributed by atoms with Gasteiger partial charge in [-0.2, -0.15) is 8.78 Å². The fourth-order valence-electron chi connectivity index (χ4n) is 1.21. The van der Waals surface area contributed by atoms with Crippen LogP contribution in [0.25, 0.3) is 0 Å². The van der Waals surface area contributed by atoms with Crippen molar-refractivity contribution < 1.29 is 23.0 Å². The van der Waals surface area contributed by atoms with E-state index in [0.29, 0.717) is 0 Å². The summed E-state index contributed by atoms with van der Waals surface area (Å²) in [4.78, 5) is 11.7. The van der Waals surface area contributed by atoms with E-state index in [-0.39, 0.29) is 28.1 Å². The molecular weight excluding hydrogens is 268 g/mol. The van der Waals surface area contributed by atoms with E-state index in [1.807, 2.05) is 0 Å². The molecule has 4 nitrogen and oxygen atoms in total. The number of halogens is 3. The van der Waals surface area contributed by atoms with E-state index < -0.39 is 12.6 Å². The second-order valence-corrected chi connectivity index (χ2v) is 4.11. The molecule has 0 aliphatic heterocycles. The maximum absolute atomic E-state index is 12.1. The molecule has 0 spiro atoms. The van der Waals surface area contributed by atoms with Gasteiger partial charge in [-0.15, -0.1) is 0 Å². The van der Waals surface area contributed by atoms with Crippen LogP contribution in [0.2, 0.25) is 5.02 Å². The highest BCUT2D eigenvalue weighted by molar-refractivity contribution is 6.34. The number of carbonyl (C=O) groups excluding carboxylic acids is 1. The number of nitrogens with two attached hydrogens (primary N) is 1. The zero-order valence-electron chi connectivity index (χ0n) is 9.75. The molecule has 0 unspecified atom stereocenters. The van der Waals surface area contributed by atoms with Crippen LogP contribution < -0.4 is 10.5 Å². The van der Waals surface area contributed by atoms with Gasteiger partial charge in [-0.25, -0.2) is 4.79 Å². The molecular formula is C11H12ClF2NO3. The molecule has 0 aromatic heterocycles. The van der Waals surface area contributed by atoms with Crippen LogP contribution in [0.3, 0.4) is 0 Å². The first-order chi connectivity index (χ1) is 8.31. The Kier molecular flexibility index (Phi) is 4.72. The van der Waals surface area contributed by atoms with Crippen molar-refractivity contribution in [2.75, 3.05) is 5.73 Å². The summed E-state index contributed by atoms with van der Waals surface area (Å²) in [5.74, 6) is -0.996. The van der Waals surface area contributed by atoms with Gasteiger partial charge in [0.05, 0.1) is 22.4 Å². The molecule has 7 heteroatoms. The molecule has 0 radical (unpaired) electrons. The SMILES string of the molecule is CC(C)OC(=O)c1cc(OC(F)F)cc(Cl)c1N. The number of hydrogen-bond donors (Lipinski definition) is 1. The van der Waals surface area contributed by atoms with Gasteiger partial charge in [-0.3, -0.25) is 0 Å². The van der Waals surface area contributed by atoms with Crippen LogP contribution in [0, 0.1) is 0 Å². The second-order valence-electron chi connectivity index (χ2n) is 3.70. The first-order valence-electron chi connectivity index (χ1n) is 5.06. The van der Waals surface area contributed by atoms with E-state index in [1.54, 1.807) is 13.8 Å². The number of rotatable bonds is 4. The summed E-state index contributed by atoms with van der Waals surface area (Å²) >= 11 is 5.73. The number of benzene rings is 1. The lowest BCUT2D eigenvalue weighted by atomic mass is 10.1. The maximum atomic E-state index is 12.1. The summed E-state index contributed by atoms with van der Waals surface area (Å²) in [6, 6.07) is 2.17. The van der Waals surface area contributed by atoms with Gasteiger partial charge < -0.3 is 15.2 Å². The standard InChI is InChI=1S/C11H12ClF2NO3/c1-5(2)17-10(16)7-3-6(18-11(13)14)4-8(12)9(7)15/h3-5,11H,15H2,1-2H3. The Morgan fingerprint density at radius 2 is 2.00 bits per heavy atom. The number of esters is 1. The maximum Gasteiger partial charge on any atom is 0.387 e. The van der Waals surface area contributed by atoms with Gasteiger partial charge in [0.15, 0.2) is 0 Å². The highest BCUT2D eigenvalue weighted by atomic mass is 35.5. The molecule has 0 aliphatic rings. The number of anilines is 1. The molecule has 2 N–H and O–H groups in total. The quantitative estimate of drug-likeness (QED) is 0.679. The van der Waals surface area contributed by atoms with E-state index in [1.165, 1.54) is 0 Å². The lowest BCUT2D eigenvalue weighted by Crippen LogP contribution is -2.14. The Labute approximate surface area is 108 Å². The van der Waals surface area contributed by atoms with Crippen molar-refractivity contribution in [2.45, 2.75) is 26.6 Å². The van der Waals surface area contributed by atoms with Crippen LogP contribution in [0.4, 0.5) is 14.5 Å². The predicted molar refractivity (Wildman–Crippen MR) is 63.0 cm³/mol. The van der Waals surface area contributed by atoms with Crippen molar-refractivity contribution in [3.05, 3.63) is 22.7 Å². The summed E-state index contributed by atoms with van der Waals surface area (Å²) in [6.07, 6.45) is -0.365. The summed E-state index contributed by atoms with van der Waals surface area (Å²) in [7, 11) is 0. The molecule has 0 saturated heterocycles. The van der Waals surface area contributed by atoms with Crippen molar-refractivity contribution >= 4 is 23.3 Å². The molecule has 1 rings (SSSR count). The van der Waals surface area contributed by atoms with Crippen LogP contribution in [0.1, 0.15) is 24.2 Å². The minimum Gasteiger partial charge on any atom is -0.459 e. The van der Waals surface area contributed by atoms with Crippen LogP contribution in [0.15, 0.2) is 12.1 Å². The van der Waals surface area contributed by atoms with Crippen molar-refractivity contribution in [3.8, 4) is 5.75 Å². The van der Waals surface area contributed by atoms with Gasteiger partial charge >= 0.3 is 12.6 Å². The molecule has 0 aliphatic carbocycles. The van der Waals surface area contributed by atoms with Crippen molar-refractivity contribution in [2.24, 2.45) is 0 Å². The summed E-state index contributed by atoms with van der Waals surface area (Å²) in [6.45, 7) is 0.281. The van der Waals surface area contributed by atoms with Crippen molar-refractivity contribution in [3.63, 3.8) is 0 Å². The van der Waals surface area contributed by atoms with Gasteiger partial charge in [0.1, 0.15) is 5.75 Å². The molecule has 0 heterocycles. The van der Waals surface area contributed by atoms with Gasteiger partial charge in [0.2, 0.25) is 0 Å². The van der Waals surface area contributed by atoms with E-state index in [2.05, 4.69) is 4.74 Å². The summed E-state index contributed by atoms with van der Waals surface area (Å²) < 4.78 is 33.2. The van der Waals surface area contributed by atoms with Gasteiger partial charge in [0, 0.05) is 6.07 Å². The third-order valence-corrected chi connectivity index (χ3v) is 2.20. The fraction of sp³-hybridized carbons (Fsp3) is 0.364. The average Bonchev–Trinajstić information content (AvgIpc) is 2.21. The number of ether oxygens (including phenoxy) is 2. The third-order valence-electron chi connectivity index (χ3n) is 1.89. The van der Waals surface area contributed by atoms with Gasteiger partial charge in [-0.05, 0) is 19.9 Å². The monoisotopic (exact) mass is 279 g/mol. The highest BCUT2D eigenvalue weighted by Gasteiger charge is 2.18. The van der Waals surface area contributed by atoms with E-state index >= 15 is 0 Å². The number of alkyl halides is 2. The molecule has 1 aromatic rings. The van der Waals surface area contributed by atoms with Crippen LogP contribution in [-0.4, -0.2) is 18.7 Å². The molecule has 18 heavy (non-hydrogen) atoms. The lowest BCUT2D eigenvalue weighted by Gasteiger charge is -2.12. The average molecular weight is 280 g/mol. The Morgan fingerprint density at radius 1 is 1.39 bits per heavy atom. The first-order valence-corrected chi connectivity index (χ1v) is 5.44. The Bertz CT molecular complexity index is 452. The lowest BCUT2D eigenvalue weighted by molar-refractivity contribution is -0.0499. The van der Waals surface area contributed by atoms with Crippen LogP contribution >= 0.6 is 11.6 Å². The highest BCUT2D eigenvalue weighted by Crippen LogP contribution is 2.30. The summed E-state index contributed by atoms with van der Waals surface area (Å²) in [5.41, 5.74) is 5.44. The first kappa shape index (κ1) is 14.5. The smallest absolute Gasteiger partial charge is 0.387 e.